The molecule has 2 saturated heterocycles. The van der Waals surface area contributed by atoms with Gasteiger partial charge in [-0.3, -0.25) is 24.2 Å². The minimum atomic E-state index is -0.394. The molecule has 0 spiro atoms. The topological polar surface area (TPSA) is 64.2 Å². The molecule has 2 heterocycles. The Morgan fingerprint density at radius 3 is 2.46 bits per heavy atom. The standard InChI is InChI=1S/C26H29FN4O3S/c1-28(2)10-11-29-12-14-30(15-13-29)24(32)21-5-3-4-20(16-21)17-23-25(33)31(26(34)35-23)18-19-6-8-22(27)9-7-19/h3-9,16-17H,10-15,18H2,1-2H3. The first-order valence-corrected chi connectivity index (χ1v) is 12.4. The number of hydrogen-bond acceptors (Lipinski definition) is 6. The maximum absolute atomic E-state index is 13.1. The Labute approximate surface area is 209 Å². The molecule has 9 heteroatoms. The fourth-order valence-electron chi connectivity index (χ4n) is 4.02. The molecule has 0 radical (unpaired) electrons. The Bertz CT molecular complexity index is 1130. The van der Waals surface area contributed by atoms with E-state index in [2.05, 4.69) is 23.9 Å². The maximum atomic E-state index is 13.1. The lowest BCUT2D eigenvalue weighted by atomic mass is 10.1. The molecule has 0 atom stereocenters. The van der Waals surface area contributed by atoms with Crippen molar-refractivity contribution in [1.82, 2.24) is 19.6 Å². The van der Waals surface area contributed by atoms with E-state index in [4.69, 9.17) is 0 Å². The third kappa shape index (κ3) is 6.36. The average molecular weight is 497 g/mol. The molecule has 4 rings (SSSR count). The fraction of sp³-hybridized carbons (Fsp3) is 0.346. The number of imide groups is 1. The number of nitrogens with zero attached hydrogens (tertiary/aromatic N) is 4. The Hall–Kier alpha value is -3.01. The van der Waals surface area contributed by atoms with E-state index in [0.717, 1.165) is 42.8 Å². The lowest BCUT2D eigenvalue weighted by Gasteiger charge is -2.35. The molecule has 0 aromatic heterocycles. The third-order valence-corrected chi connectivity index (χ3v) is 6.99. The van der Waals surface area contributed by atoms with Crippen molar-refractivity contribution in [2.75, 3.05) is 53.4 Å². The summed E-state index contributed by atoms with van der Waals surface area (Å²) in [5.41, 5.74) is 1.92. The number of thioether (sulfide) groups is 1. The highest BCUT2D eigenvalue weighted by molar-refractivity contribution is 8.18. The number of likely N-dealkylation sites (N-methyl/N-ethyl adjacent to an activating group) is 1. The number of carbonyl (C=O) groups is 3. The number of halogens is 1. The molecule has 3 amide bonds. The molecular formula is C26H29FN4O3S. The number of carbonyl (C=O) groups excluding carboxylic acids is 3. The van der Waals surface area contributed by atoms with Gasteiger partial charge in [0.25, 0.3) is 17.1 Å². The highest BCUT2D eigenvalue weighted by atomic mass is 32.2. The van der Waals surface area contributed by atoms with E-state index in [0.29, 0.717) is 34.7 Å². The first kappa shape index (κ1) is 25.1. The van der Waals surface area contributed by atoms with Crippen molar-refractivity contribution < 1.29 is 18.8 Å². The minimum absolute atomic E-state index is 0.0306. The van der Waals surface area contributed by atoms with E-state index in [1.54, 1.807) is 36.4 Å². The quantitative estimate of drug-likeness (QED) is 0.548. The van der Waals surface area contributed by atoms with E-state index >= 15 is 0 Å². The molecule has 2 aliphatic rings. The van der Waals surface area contributed by atoms with Gasteiger partial charge in [-0.15, -0.1) is 0 Å². The largest absolute Gasteiger partial charge is 0.336 e. The molecule has 0 unspecified atom stereocenters. The zero-order chi connectivity index (χ0) is 24.9. The van der Waals surface area contributed by atoms with Crippen molar-refractivity contribution in [3.05, 3.63) is 75.9 Å². The van der Waals surface area contributed by atoms with Crippen LogP contribution in [0.4, 0.5) is 9.18 Å². The van der Waals surface area contributed by atoms with Crippen LogP contribution in [0.25, 0.3) is 6.08 Å². The summed E-state index contributed by atoms with van der Waals surface area (Å²) in [5, 5.41) is -0.370. The molecule has 2 aliphatic heterocycles. The smallest absolute Gasteiger partial charge is 0.293 e. The molecule has 184 valence electrons. The van der Waals surface area contributed by atoms with Crippen LogP contribution in [0.2, 0.25) is 0 Å². The summed E-state index contributed by atoms with van der Waals surface area (Å²) in [6.45, 7) is 5.12. The van der Waals surface area contributed by atoms with Crippen molar-refractivity contribution in [1.29, 1.82) is 0 Å². The van der Waals surface area contributed by atoms with E-state index in [-0.39, 0.29) is 23.5 Å². The number of amides is 3. The van der Waals surface area contributed by atoms with Crippen LogP contribution in [0.3, 0.4) is 0 Å². The van der Waals surface area contributed by atoms with Crippen LogP contribution in [-0.4, -0.2) is 90.0 Å². The van der Waals surface area contributed by atoms with E-state index < -0.39 is 5.91 Å². The lowest BCUT2D eigenvalue weighted by molar-refractivity contribution is -0.123. The van der Waals surface area contributed by atoms with Gasteiger partial charge in [0.05, 0.1) is 11.4 Å². The number of benzene rings is 2. The third-order valence-electron chi connectivity index (χ3n) is 6.08. The van der Waals surface area contributed by atoms with Crippen molar-refractivity contribution in [2.45, 2.75) is 6.54 Å². The second-order valence-corrected chi connectivity index (χ2v) is 9.95. The summed E-state index contributed by atoms with van der Waals surface area (Å²) >= 11 is 0.868. The Morgan fingerprint density at radius 2 is 1.77 bits per heavy atom. The SMILES string of the molecule is CN(C)CCN1CCN(C(=O)c2cccc(C=C3SC(=O)N(Cc4ccc(F)cc4)C3=O)c2)CC1. The van der Waals surface area contributed by atoms with Gasteiger partial charge in [-0.1, -0.05) is 24.3 Å². The molecule has 35 heavy (non-hydrogen) atoms. The molecule has 0 N–H and O–H groups in total. The predicted molar refractivity (Wildman–Crippen MR) is 135 cm³/mol. The Balaban J connectivity index is 1.40. The number of rotatable bonds is 7. The van der Waals surface area contributed by atoms with E-state index in [1.807, 2.05) is 11.0 Å². The molecular weight excluding hydrogens is 467 g/mol. The van der Waals surface area contributed by atoms with Gasteiger partial charge >= 0.3 is 0 Å². The van der Waals surface area contributed by atoms with Crippen molar-refractivity contribution >= 4 is 34.9 Å². The number of hydrogen-bond donors (Lipinski definition) is 0. The van der Waals surface area contributed by atoms with E-state index in [9.17, 15) is 18.8 Å². The van der Waals surface area contributed by atoms with Crippen LogP contribution in [0.1, 0.15) is 21.5 Å². The molecule has 2 fully saturated rings. The Kier molecular flexibility index (Phi) is 8.00. The lowest BCUT2D eigenvalue weighted by Crippen LogP contribution is -2.49. The monoisotopic (exact) mass is 496 g/mol. The highest BCUT2D eigenvalue weighted by Gasteiger charge is 2.35. The summed E-state index contributed by atoms with van der Waals surface area (Å²) in [6.07, 6.45) is 1.64. The molecule has 0 bridgehead atoms. The van der Waals surface area contributed by atoms with Gasteiger partial charge < -0.3 is 9.80 Å². The van der Waals surface area contributed by atoms with Crippen molar-refractivity contribution in [3.63, 3.8) is 0 Å². The van der Waals surface area contributed by atoms with Crippen LogP contribution >= 0.6 is 11.8 Å². The molecule has 0 aliphatic carbocycles. The summed E-state index contributed by atoms with van der Waals surface area (Å²) in [5.74, 6) is -0.796. The summed E-state index contributed by atoms with van der Waals surface area (Å²) < 4.78 is 13.1. The van der Waals surface area contributed by atoms with Crippen LogP contribution in [0, 0.1) is 5.82 Å². The number of piperazine rings is 1. The normalized spacial score (nSPS) is 18.2. The summed E-state index contributed by atoms with van der Waals surface area (Å²) in [4.78, 5) is 46.2. The maximum Gasteiger partial charge on any atom is 0.293 e. The average Bonchev–Trinajstić information content (AvgIpc) is 3.11. The van der Waals surface area contributed by atoms with Gasteiger partial charge in [0, 0.05) is 44.8 Å². The predicted octanol–water partition coefficient (Wildman–Crippen LogP) is 3.38. The Morgan fingerprint density at radius 1 is 1.06 bits per heavy atom. The minimum Gasteiger partial charge on any atom is -0.336 e. The van der Waals surface area contributed by atoms with E-state index in [1.165, 1.54) is 12.1 Å². The molecule has 0 saturated carbocycles. The van der Waals surface area contributed by atoms with Gasteiger partial charge in [0.15, 0.2) is 0 Å². The first-order chi connectivity index (χ1) is 16.8. The molecule has 7 nitrogen and oxygen atoms in total. The van der Waals surface area contributed by atoms with Crippen molar-refractivity contribution in [3.8, 4) is 0 Å². The summed E-state index contributed by atoms with van der Waals surface area (Å²) in [6, 6.07) is 12.8. The fourth-order valence-corrected chi connectivity index (χ4v) is 4.86. The second kappa shape index (κ2) is 11.2. The van der Waals surface area contributed by atoms with Crippen LogP contribution in [0.15, 0.2) is 53.4 Å². The molecule has 2 aromatic carbocycles. The van der Waals surface area contributed by atoms with Crippen LogP contribution in [-0.2, 0) is 11.3 Å². The van der Waals surface area contributed by atoms with Gasteiger partial charge in [-0.25, -0.2) is 4.39 Å². The van der Waals surface area contributed by atoms with Gasteiger partial charge in [-0.05, 0) is 67.3 Å². The zero-order valence-corrected chi connectivity index (χ0v) is 20.8. The first-order valence-electron chi connectivity index (χ1n) is 11.6. The second-order valence-electron chi connectivity index (χ2n) is 8.96. The van der Waals surface area contributed by atoms with Gasteiger partial charge in [-0.2, -0.15) is 0 Å². The van der Waals surface area contributed by atoms with Crippen LogP contribution in [0.5, 0.6) is 0 Å². The van der Waals surface area contributed by atoms with Gasteiger partial charge in [0.2, 0.25) is 0 Å². The zero-order valence-electron chi connectivity index (χ0n) is 19.9. The van der Waals surface area contributed by atoms with Gasteiger partial charge in [0.1, 0.15) is 5.82 Å². The summed E-state index contributed by atoms with van der Waals surface area (Å²) in [7, 11) is 4.11. The highest BCUT2D eigenvalue weighted by Crippen LogP contribution is 2.33. The van der Waals surface area contributed by atoms with Crippen LogP contribution < -0.4 is 0 Å². The molecule has 2 aromatic rings. The van der Waals surface area contributed by atoms with Crippen molar-refractivity contribution in [2.24, 2.45) is 0 Å².